The molecular weight excluding hydrogens is 276 g/mol. The van der Waals surface area contributed by atoms with Crippen molar-refractivity contribution >= 4 is 0 Å². The van der Waals surface area contributed by atoms with Crippen molar-refractivity contribution in [3.05, 3.63) is 97.7 Å². The van der Waals surface area contributed by atoms with Gasteiger partial charge in [-0.25, -0.2) is 0 Å². The predicted octanol–water partition coefficient (Wildman–Crippen LogP) is 7.55. The summed E-state index contributed by atoms with van der Waals surface area (Å²) < 4.78 is 0. The minimum absolute atomic E-state index is 0.803. The van der Waals surface area contributed by atoms with Crippen LogP contribution in [-0.4, -0.2) is 0 Å². The Morgan fingerprint density at radius 2 is 1.13 bits per heavy atom. The Labute approximate surface area is 144 Å². The summed E-state index contributed by atoms with van der Waals surface area (Å²) in [5.74, 6) is 0.803. The molecule has 0 atom stereocenters. The van der Waals surface area contributed by atoms with Crippen LogP contribution in [0.3, 0.4) is 0 Å². The van der Waals surface area contributed by atoms with E-state index >= 15 is 0 Å². The molecule has 1 aromatic rings. The molecule has 0 N–H and O–H groups in total. The molecular formula is C23H34. The average Bonchev–Trinajstić information content (AvgIpc) is 3.48. The van der Waals surface area contributed by atoms with E-state index in [1.165, 1.54) is 18.4 Å². The molecule has 0 aliphatic heterocycles. The van der Waals surface area contributed by atoms with Crippen molar-refractivity contribution < 1.29 is 0 Å². The first kappa shape index (κ1) is 23.2. The number of hydrogen-bond donors (Lipinski definition) is 0. The van der Waals surface area contributed by atoms with Gasteiger partial charge in [-0.2, -0.15) is 0 Å². The van der Waals surface area contributed by atoms with E-state index in [0.717, 1.165) is 5.92 Å². The Morgan fingerprint density at radius 1 is 0.783 bits per heavy atom. The smallest absolute Gasteiger partial charge is 0.0168 e. The summed E-state index contributed by atoms with van der Waals surface area (Å²) in [4.78, 5) is 0. The van der Waals surface area contributed by atoms with Gasteiger partial charge in [0.2, 0.25) is 0 Å². The van der Waals surface area contributed by atoms with Crippen molar-refractivity contribution in [2.75, 3.05) is 0 Å². The zero-order valence-corrected chi connectivity index (χ0v) is 15.4. The molecule has 0 amide bonds. The summed E-state index contributed by atoms with van der Waals surface area (Å²) in [5.41, 5.74) is 1.22. The Hall–Kier alpha value is -2.08. The van der Waals surface area contributed by atoms with Crippen molar-refractivity contribution in [3.8, 4) is 0 Å². The second kappa shape index (κ2) is 19.9. The van der Waals surface area contributed by atoms with Gasteiger partial charge >= 0.3 is 0 Å². The molecule has 1 saturated carbocycles. The molecule has 1 aliphatic rings. The predicted molar refractivity (Wildman–Crippen MR) is 109 cm³/mol. The molecule has 0 bridgehead atoms. The van der Waals surface area contributed by atoms with Gasteiger partial charge in [0.1, 0.15) is 0 Å². The lowest BCUT2D eigenvalue weighted by molar-refractivity contribution is 1.06. The lowest BCUT2D eigenvalue weighted by Gasteiger charge is -1.87. The van der Waals surface area contributed by atoms with E-state index in [9.17, 15) is 0 Å². The zero-order valence-electron chi connectivity index (χ0n) is 15.4. The lowest BCUT2D eigenvalue weighted by atomic mass is 10.2. The van der Waals surface area contributed by atoms with Crippen LogP contribution >= 0.6 is 0 Å². The molecule has 23 heavy (non-hydrogen) atoms. The maximum atomic E-state index is 3.82. The molecule has 0 unspecified atom stereocenters. The highest BCUT2D eigenvalue weighted by atomic mass is 14.3. The monoisotopic (exact) mass is 310 g/mol. The fourth-order valence-electron chi connectivity index (χ4n) is 1.36. The number of benzene rings is 1. The fourth-order valence-corrected chi connectivity index (χ4v) is 1.36. The molecule has 126 valence electrons. The quantitative estimate of drug-likeness (QED) is 0.504. The average molecular weight is 311 g/mol. The van der Waals surface area contributed by atoms with Crippen LogP contribution in [0.1, 0.15) is 40.5 Å². The summed E-state index contributed by atoms with van der Waals surface area (Å²) >= 11 is 0. The SMILES string of the molecule is C=CC(=C)C1CC1.CC.C\C=C/C=C\C=C/C.c1ccccc1. The minimum atomic E-state index is 0.803. The van der Waals surface area contributed by atoms with Gasteiger partial charge in [0.25, 0.3) is 0 Å². The highest BCUT2D eigenvalue weighted by Crippen LogP contribution is 2.35. The largest absolute Gasteiger partial charge is 0.0988 e. The van der Waals surface area contributed by atoms with Crippen molar-refractivity contribution in [3.63, 3.8) is 0 Å². The van der Waals surface area contributed by atoms with Crippen molar-refractivity contribution in [1.29, 1.82) is 0 Å². The molecule has 0 heterocycles. The van der Waals surface area contributed by atoms with Crippen LogP contribution < -0.4 is 0 Å². The van der Waals surface area contributed by atoms with E-state index in [-0.39, 0.29) is 0 Å². The van der Waals surface area contributed by atoms with E-state index in [1.54, 1.807) is 0 Å². The second-order valence-electron chi connectivity index (χ2n) is 4.64. The van der Waals surface area contributed by atoms with Gasteiger partial charge < -0.3 is 0 Å². The minimum Gasteiger partial charge on any atom is -0.0988 e. The summed E-state index contributed by atoms with van der Waals surface area (Å²) in [5, 5.41) is 0. The number of rotatable bonds is 4. The lowest BCUT2D eigenvalue weighted by Crippen LogP contribution is -1.72. The van der Waals surface area contributed by atoms with Gasteiger partial charge in [-0.15, -0.1) is 0 Å². The molecule has 1 fully saturated rings. The molecule has 0 aromatic heterocycles. The fraction of sp³-hybridized carbons (Fsp3) is 0.304. The maximum Gasteiger partial charge on any atom is -0.0168 e. The zero-order chi connectivity index (χ0) is 17.8. The number of allylic oxidation sites excluding steroid dienone is 8. The van der Waals surface area contributed by atoms with Crippen LogP contribution in [0.15, 0.2) is 97.7 Å². The van der Waals surface area contributed by atoms with Crippen LogP contribution in [0.5, 0.6) is 0 Å². The van der Waals surface area contributed by atoms with Crippen molar-refractivity contribution in [2.45, 2.75) is 40.5 Å². The second-order valence-corrected chi connectivity index (χ2v) is 4.64. The molecule has 0 heteroatoms. The van der Waals surface area contributed by atoms with Crippen LogP contribution in [0, 0.1) is 5.92 Å². The third kappa shape index (κ3) is 19.9. The summed E-state index contributed by atoms with van der Waals surface area (Å²) in [6.45, 7) is 15.4. The molecule has 0 saturated heterocycles. The third-order valence-corrected chi connectivity index (χ3v) is 2.75. The third-order valence-electron chi connectivity index (χ3n) is 2.75. The summed E-state index contributed by atoms with van der Waals surface area (Å²) in [6.07, 6.45) is 16.5. The standard InChI is InChI=1S/C8H12.C7H10.C6H6.C2H6/c1-3-5-7-8-6-4-2;1-3-6(2)7-4-5-7;1-2-4-6-5-3-1;1-2/h3-8H,1-2H3;3,7H,1-2,4-5H2;1-6H;1-2H3/b5-3-,6-4-,8-7-;;;. The maximum absolute atomic E-state index is 3.82. The van der Waals surface area contributed by atoms with Gasteiger partial charge in [-0.05, 0) is 32.6 Å². The van der Waals surface area contributed by atoms with Gasteiger partial charge in [0.05, 0.1) is 0 Å². The van der Waals surface area contributed by atoms with Crippen LogP contribution in [-0.2, 0) is 0 Å². The Bertz CT molecular complexity index is 401. The molecule has 1 aromatic carbocycles. The van der Waals surface area contributed by atoms with Gasteiger partial charge in [-0.3, -0.25) is 0 Å². The topological polar surface area (TPSA) is 0 Å². The van der Waals surface area contributed by atoms with E-state index in [0.29, 0.717) is 0 Å². The van der Waals surface area contributed by atoms with Crippen LogP contribution in [0.4, 0.5) is 0 Å². The molecule has 2 rings (SSSR count). The summed E-state index contributed by atoms with van der Waals surface area (Å²) in [6, 6.07) is 12.0. The highest BCUT2D eigenvalue weighted by molar-refractivity contribution is 5.19. The van der Waals surface area contributed by atoms with Gasteiger partial charge in [0.15, 0.2) is 0 Å². The van der Waals surface area contributed by atoms with Crippen molar-refractivity contribution in [1.82, 2.24) is 0 Å². The molecule has 0 radical (unpaired) electrons. The first-order valence-electron chi connectivity index (χ1n) is 8.48. The van der Waals surface area contributed by atoms with Crippen molar-refractivity contribution in [2.24, 2.45) is 5.92 Å². The Kier molecular flexibility index (Phi) is 20.1. The highest BCUT2D eigenvalue weighted by Gasteiger charge is 2.21. The van der Waals surface area contributed by atoms with E-state index in [2.05, 4.69) is 13.2 Å². The molecule has 0 spiro atoms. The van der Waals surface area contributed by atoms with Crippen LogP contribution in [0.2, 0.25) is 0 Å². The van der Waals surface area contributed by atoms with Gasteiger partial charge in [-0.1, -0.05) is 112 Å². The van der Waals surface area contributed by atoms with E-state index in [1.807, 2.05) is 107 Å². The normalized spacial score (nSPS) is 12.5. The first-order chi connectivity index (χ1) is 11.3. The van der Waals surface area contributed by atoms with Crippen LogP contribution in [0.25, 0.3) is 0 Å². The van der Waals surface area contributed by atoms with Gasteiger partial charge in [0, 0.05) is 0 Å². The number of hydrogen-bond acceptors (Lipinski definition) is 0. The Balaban J connectivity index is 0. The van der Waals surface area contributed by atoms with E-state index < -0.39 is 0 Å². The molecule has 1 aliphatic carbocycles. The van der Waals surface area contributed by atoms with E-state index in [4.69, 9.17) is 0 Å². The summed E-state index contributed by atoms with van der Waals surface area (Å²) in [7, 11) is 0. The first-order valence-corrected chi connectivity index (χ1v) is 8.48. The Morgan fingerprint density at radius 3 is 1.30 bits per heavy atom. The molecule has 0 nitrogen and oxygen atoms in total.